The van der Waals surface area contributed by atoms with E-state index in [1.54, 1.807) is 7.11 Å². The second-order valence-electron chi connectivity index (χ2n) is 6.37. The Balaban J connectivity index is 1.65. The van der Waals surface area contributed by atoms with Crippen LogP contribution in [-0.4, -0.2) is 19.1 Å². The summed E-state index contributed by atoms with van der Waals surface area (Å²) in [5.41, 5.74) is 3.50. The summed E-state index contributed by atoms with van der Waals surface area (Å²) in [6, 6.07) is 13.5. The first kappa shape index (κ1) is 17.3. The van der Waals surface area contributed by atoms with Gasteiger partial charge < -0.3 is 14.8 Å². The van der Waals surface area contributed by atoms with Crippen molar-refractivity contribution in [3.63, 3.8) is 0 Å². The highest BCUT2D eigenvalue weighted by molar-refractivity contribution is 5.94. The molecule has 1 amide bonds. The Morgan fingerprint density at radius 1 is 1.04 bits per heavy atom. The van der Waals surface area contributed by atoms with Crippen LogP contribution in [0.15, 0.2) is 42.5 Å². The second kappa shape index (κ2) is 8.06. The third-order valence-electron chi connectivity index (χ3n) is 4.62. The molecule has 1 aliphatic rings. The number of benzene rings is 2. The number of carbonyl (C=O) groups is 1. The van der Waals surface area contributed by atoms with Crippen molar-refractivity contribution in [2.45, 2.75) is 45.1 Å². The summed E-state index contributed by atoms with van der Waals surface area (Å²) >= 11 is 0. The third kappa shape index (κ3) is 4.32. The predicted molar refractivity (Wildman–Crippen MR) is 99.4 cm³/mol. The SMILES string of the molecule is CCC(Oc1ccc2c(c1)CCCC2)C(=O)Nc1ccc(OC)cc1. The Labute approximate surface area is 149 Å². The highest BCUT2D eigenvalue weighted by Gasteiger charge is 2.19. The molecule has 0 spiro atoms. The van der Waals surface area contributed by atoms with Crippen LogP contribution >= 0.6 is 0 Å². The van der Waals surface area contributed by atoms with Gasteiger partial charge in [0.05, 0.1) is 7.11 Å². The number of nitrogens with one attached hydrogen (secondary N) is 1. The van der Waals surface area contributed by atoms with Gasteiger partial charge in [0, 0.05) is 5.69 Å². The lowest BCUT2D eigenvalue weighted by molar-refractivity contribution is -0.122. The molecule has 1 N–H and O–H groups in total. The fourth-order valence-electron chi connectivity index (χ4n) is 3.17. The molecule has 0 radical (unpaired) electrons. The quantitative estimate of drug-likeness (QED) is 0.850. The number of aryl methyl sites for hydroxylation is 2. The first-order chi connectivity index (χ1) is 12.2. The van der Waals surface area contributed by atoms with Crippen molar-refractivity contribution < 1.29 is 14.3 Å². The van der Waals surface area contributed by atoms with Gasteiger partial charge in [0.25, 0.3) is 5.91 Å². The van der Waals surface area contributed by atoms with E-state index in [-0.39, 0.29) is 5.91 Å². The molecule has 132 valence electrons. The molecule has 0 saturated heterocycles. The van der Waals surface area contributed by atoms with Crippen molar-refractivity contribution in [1.29, 1.82) is 0 Å². The summed E-state index contributed by atoms with van der Waals surface area (Å²) in [5.74, 6) is 1.40. The van der Waals surface area contributed by atoms with Crippen LogP contribution in [0.3, 0.4) is 0 Å². The van der Waals surface area contributed by atoms with E-state index >= 15 is 0 Å². The van der Waals surface area contributed by atoms with Crippen molar-refractivity contribution in [3.8, 4) is 11.5 Å². The number of carbonyl (C=O) groups excluding carboxylic acids is 1. The Kier molecular flexibility index (Phi) is 5.59. The molecule has 0 bridgehead atoms. The van der Waals surface area contributed by atoms with Crippen LogP contribution in [-0.2, 0) is 17.6 Å². The van der Waals surface area contributed by atoms with Gasteiger partial charge in [-0.05, 0) is 79.6 Å². The van der Waals surface area contributed by atoms with Gasteiger partial charge in [0.1, 0.15) is 11.5 Å². The second-order valence-corrected chi connectivity index (χ2v) is 6.37. The highest BCUT2D eigenvalue weighted by Crippen LogP contribution is 2.26. The van der Waals surface area contributed by atoms with E-state index in [1.165, 1.54) is 24.0 Å². The van der Waals surface area contributed by atoms with Gasteiger partial charge >= 0.3 is 0 Å². The average molecular weight is 339 g/mol. The van der Waals surface area contributed by atoms with Crippen molar-refractivity contribution in [3.05, 3.63) is 53.6 Å². The van der Waals surface area contributed by atoms with Crippen molar-refractivity contribution in [2.75, 3.05) is 12.4 Å². The number of amides is 1. The summed E-state index contributed by atoms with van der Waals surface area (Å²) in [4.78, 5) is 12.5. The Hall–Kier alpha value is -2.49. The first-order valence-corrected chi connectivity index (χ1v) is 8.93. The predicted octanol–water partition coefficient (Wildman–Crippen LogP) is 4.37. The number of ether oxygens (including phenoxy) is 2. The molecule has 1 unspecified atom stereocenters. The van der Waals surface area contributed by atoms with Crippen LogP contribution in [0, 0.1) is 0 Å². The minimum absolute atomic E-state index is 0.134. The van der Waals surface area contributed by atoms with Gasteiger partial charge in [-0.25, -0.2) is 0 Å². The lowest BCUT2D eigenvalue weighted by Gasteiger charge is -2.20. The molecule has 1 aliphatic carbocycles. The Morgan fingerprint density at radius 2 is 1.72 bits per heavy atom. The minimum Gasteiger partial charge on any atom is -0.497 e. The van der Waals surface area contributed by atoms with Crippen LogP contribution in [0.4, 0.5) is 5.69 Å². The Morgan fingerprint density at radius 3 is 2.40 bits per heavy atom. The van der Waals surface area contributed by atoms with Crippen LogP contribution < -0.4 is 14.8 Å². The van der Waals surface area contributed by atoms with Gasteiger partial charge in [-0.3, -0.25) is 4.79 Å². The van der Waals surface area contributed by atoms with E-state index in [0.717, 1.165) is 30.0 Å². The topological polar surface area (TPSA) is 47.6 Å². The number of methoxy groups -OCH3 is 1. The summed E-state index contributed by atoms with van der Waals surface area (Å²) in [6.07, 6.45) is 4.83. The van der Waals surface area contributed by atoms with Crippen LogP contribution in [0.25, 0.3) is 0 Å². The first-order valence-electron chi connectivity index (χ1n) is 8.93. The lowest BCUT2D eigenvalue weighted by atomic mass is 9.92. The summed E-state index contributed by atoms with van der Waals surface area (Å²) < 4.78 is 11.1. The molecule has 4 nitrogen and oxygen atoms in total. The van der Waals surface area contributed by atoms with E-state index in [2.05, 4.69) is 17.4 Å². The fourth-order valence-corrected chi connectivity index (χ4v) is 3.17. The van der Waals surface area contributed by atoms with Gasteiger partial charge in [-0.2, -0.15) is 0 Å². The molecule has 25 heavy (non-hydrogen) atoms. The summed E-state index contributed by atoms with van der Waals surface area (Å²) in [6.45, 7) is 1.96. The maximum absolute atomic E-state index is 12.5. The Bertz CT molecular complexity index is 724. The number of anilines is 1. The maximum Gasteiger partial charge on any atom is 0.265 e. The molecule has 0 heterocycles. The number of hydrogen-bond acceptors (Lipinski definition) is 3. The van der Waals surface area contributed by atoms with E-state index in [9.17, 15) is 4.79 Å². The van der Waals surface area contributed by atoms with Crippen molar-refractivity contribution in [2.24, 2.45) is 0 Å². The molecule has 0 aromatic heterocycles. The molecule has 2 aromatic rings. The van der Waals surface area contributed by atoms with E-state index in [1.807, 2.05) is 37.3 Å². The third-order valence-corrected chi connectivity index (χ3v) is 4.62. The highest BCUT2D eigenvalue weighted by atomic mass is 16.5. The number of rotatable bonds is 6. The van der Waals surface area contributed by atoms with E-state index < -0.39 is 6.10 Å². The summed E-state index contributed by atoms with van der Waals surface area (Å²) in [5, 5.41) is 2.91. The molecule has 1 atom stereocenters. The molecule has 0 fully saturated rings. The minimum atomic E-state index is -0.510. The molecule has 3 rings (SSSR count). The lowest BCUT2D eigenvalue weighted by Crippen LogP contribution is -2.32. The molecular formula is C21H25NO3. The van der Waals surface area contributed by atoms with Gasteiger partial charge in [0.2, 0.25) is 0 Å². The molecule has 2 aromatic carbocycles. The molecule has 0 aliphatic heterocycles. The normalized spacial score (nSPS) is 14.3. The molecule has 0 saturated carbocycles. The van der Waals surface area contributed by atoms with Gasteiger partial charge in [-0.15, -0.1) is 0 Å². The standard InChI is InChI=1S/C21H25NO3/c1-3-20(21(23)22-17-9-12-18(24-2)13-10-17)25-19-11-8-15-6-4-5-7-16(15)14-19/h8-14,20H,3-7H2,1-2H3,(H,22,23). The number of hydrogen-bond donors (Lipinski definition) is 1. The smallest absolute Gasteiger partial charge is 0.265 e. The van der Waals surface area contributed by atoms with Crippen molar-refractivity contribution in [1.82, 2.24) is 0 Å². The zero-order chi connectivity index (χ0) is 17.6. The van der Waals surface area contributed by atoms with Crippen molar-refractivity contribution >= 4 is 11.6 Å². The van der Waals surface area contributed by atoms with Crippen LogP contribution in [0.2, 0.25) is 0 Å². The average Bonchev–Trinajstić information content (AvgIpc) is 2.66. The van der Waals surface area contributed by atoms with E-state index in [4.69, 9.17) is 9.47 Å². The number of fused-ring (bicyclic) bond motifs is 1. The van der Waals surface area contributed by atoms with E-state index in [0.29, 0.717) is 6.42 Å². The largest absolute Gasteiger partial charge is 0.497 e. The van der Waals surface area contributed by atoms with Crippen LogP contribution in [0.5, 0.6) is 11.5 Å². The maximum atomic E-state index is 12.5. The zero-order valence-corrected chi connectivity index (χ0v) is 14.9. The van der Waals surface area contributed by atoms with Gasteiger partial charge in [-0.1, -0.05) is 13.0 Å². The van der Waals surface area contributed by atoms with Crippen LogP contribution in [0.1, 0.15) is 37.3 Å². The molecular weight excluding hydrogens is 314 g/mol. The fraction of sp³-hybridized carbons (Fsp3) is 0.381. The monoisotopic (exact) mass is 339 g/mol. The summed E-state index contributed by atoms with van der Waals surface area (Å²) in [7, 11) is 1.62. The van der Waals surface area contributed by atoms with Gasteiger partial charge in [0.15, 0.2) is 6.10 Å². The molecule has 4 heteroatoms. The zero-order valence-electron chi connectivity index (χ0n) is 14.9.